The van der Waals surface area contributed by atoms with Crippen LogP contribution in [-0.4, -0.2) is 27.2 Å². The SMILES string of the molecule is CC(C)(C)OC(=O)Cn1c(=O)oc2ccc(-c3ccc(OC(C)(F)F)cc3)nc21. The van der Waals surface area contributed by atoms with Gasteiger partial charge in [-0.3, -0.25) is 4.79 Å². The monoisotopic (exact) mass is 406 g/mol. The van der Waals surface area contributed by atoms with E-state index in [0.29, 0.717) is 18.2 Å². The van der Waals surface area contributed by atoms with Gasteiger partial charge in [0.1, 0.15) is 17.9 Å². The van der Waals surface area contributed by atoms with Crippen LogP contribution in [0.4, 0.5) is 8.78 Å². The molecule has 3 rings (SSSR count). The molecule has 0 amide bonds. The zero-order chi connectivity index (χ0) is 21.4. The number of aromatic nitrogens is 2. The minimum Gasteiger partial charge on any atom is -0.459 e. The fraction of sp³-hybridized carbons (Fsp3) is 0.350. The zero-order valence-electron chi connectivity index (χ0n) is 16.4. The number of rotatable bonds is 5. The third-order valence-corrected chi connectivity index (χ3v) is 3.67. The fourth-order valence-electron chi connectivity index (χ4n) is 2.65. The van der Waals surface area contributed by atoms with Crippen molar-refractivity contribution in [1.29, 1.82) is 0 Å². The molecule has 7 nitrogen and oxygen atoms in total. The van der Waals surface area contributed by atoms with Crippen molar-refractivity contribution in [2.24, 2.45) is 0 Å². The highest BCUT2D eigenvalue weighted by molar-refractivity contribution is 5.76. The van der Waals surface area contributed by atoms with Gasteiger partial charge in [0.2, 0.25) is 0 Å². The van der Waals surface area contributed by atoms with Gasteiger partial charge in [-0.25, -0.2) is 14.3 Å². The summed E-state index contributed by atoms with van der Waals surface area (Å²) in [6, 6.07) is 9.07. The van der Waals surface area contributed by atoms with Crippen LogP contribution in [-0.2, 0) is 16.1 Å². The average molecular weight is 406 g/mol. The lowest BCUT2D eigenvalue weighted by atomic mass is 10.1. The number of nitrogens with zero attached hydrogens (tertiary/aromatic N) is 2. The molecule has 9 heteroatoms. The molecule has 0 saturated heterocycles. The molecule has 0 aliphatic rings. The van der Waals surface area contributed by atoms with Crippen molar-refractivity contribution in [3.63, 3.8) is 0 Å². The Morgan fingerprint density at radius 3 is 2.34 bits per heavy atom. The Bertz CT molecular complexity index is 1090. The van der Waals surface area contributed by atoms with Gasteiger partial charge >= 0.3 is 17.8 Å². The topological polar surface area (TPSA) is 83.6 Å². The number of carbonyl (C=O) groups excluding carboxylic acids is 1. The number of esters is 1. The average Bonchev–Trinajstić information content (AvgIpc) is 2.87. The number of fused-ring (bicyclic) bond motifs is 1. The van der Waals surface area contributed by atoms with Crippen LogP contribution >= 0.6 is 0 Å². The van der Waals surface area contributed by atoms with Crippen molar-refractivity contribution in [1.82, 2.24) is 9.55 Å². The first kappa shape index (κ1) is 20.5. The first-order chi connectivity index (χ1) is 13.4. The van der Waals surface area contributed by atoms with E-state index in [9.17, 15) is 18.4 Å². The van der Waals surface area contributed by atoms with Crippen molar-refractivity contribution in [3.8, 4) is 17.0 Å². The molecular weight excluding hydrogens is 386 g/mol. The zero-order valence-corrected chi connectivity index (χ0v) is 16.4. The maximum absolute atomic E-state index is 12.9. The Morgan fingerprint density at radius 1 is 1.10 bits per heavy atom. The van der Waals surface area contributed by atoms with Crippen molar-refractivity contribution < 1.29 is 27.5 Å². The molecule has 0 saturated carbocycles. The summed E-state index contributed by atoms with van der Waals surface area (Å²) in [7, 11) is 0. The third kappa shape index (κ3) is 5.18. The van der Waals surface area contributed by atoms with Crippen LogP contribution in [0.15, 0.2) is 45.6 Å². The highest BCUT2D eigenvalue weighted by Crippen LogP contribution is 2.26. The molecule has 0 N–H and O–H groups in total. The number of pyridine rings is 1. The number of carbonyl (C=O) groups is 1. The number of ether oxygens (including phenoxy) is 2. The van der Waals surface area contributed by atoms with E-state index in [1.54, 1.807) is 45.0 Å². The van der Waals surface area contributed by atoms with Crippen LogP contribution in [0.5, 0.6) is 5.75 Å². The normalized spacial score (nSPS) is 12.2. The van der Waals surface area contributed by atoms with E-state index in [2.05, 4.69) is 9.72 Å². The number of benzene rings is 1. The van der Waals surface area contributed by atoms with Crippen LogP contribution in [0.1, 0.15) is 27.7 Å². The summed E-state index contributed by atoms with van der Waals surface area (Å²) >= 11 is 0. The second-order valence-electron chi connectivity index (χ2n) is 7.49. The van der Waals surface area contributed by atoms with E-state index in [1.165, 1.54) is 12.1 Å². The van der Waals surface area contributed by atoms with E-state index in [0.717, 1.165) is 4.57 Å². The van der Waals surface area contributed by atoms with Crippen molar-refractivity contribution in [2.45, 2.75) is 45.9 Å². The molecule has 0 aliphatic heterocycles. The largest absolute Gasteiger partial charge is 0.459 e. The Kier molecular flexibility index (Phi) is 5.16. The number of hydrogen-bond donors (Lipinski definition) is 0. The molecule has 154 valence electrons. The number of oxazole rings is 1. The molecule has 2 aromatic heterocycles. The molecule has 0 radical (unpaired) electrons. The standard InChI is InChI=1S/C20H20F2N2O5/c1-19(2,3)29-16(25)11-24-17-15(27-18(24)26)10-9-14(23-17)12-5-7-13(8-6-12)28-20(4,21)22/h5-10H,11H2,1-4H3. The minimum atomic E-state index is -3.28. The van der Waals surface area contributed by atoms with E-state index >= 15 is 0 Å². The Hall–Kier alpha value is -3.23. The smallest absolute Gasteiger partial charge is 0.421 e. The van der Waals surface area contributed by atoms with Gasteiger partial charge in [-0.15, -0.1) is 0 Å². The molecule has 0 unspecified atom stereocenters. The Morgan fingerprint density at radius 2 is 1.76 bits per heavy atom. The van der Waals surface area contributed by atoms with Crippen LogP contribution in [0.2, 0.25) is 0 Å². The summed E-state index contributed by atoms with van der Waals surface area (Å²) < 4.78 is 41.8. The molecule has 0 fully saturated rings. The summed E-state index contributed by atoms with van der Waals surface area (Å²) in [4.78, 5) is 28.6. The molecule has 0 bridgehead atoms. The van der Waals surface area contributed by atoms with Crippen LogP contribution in [0, 0.1) is 0 Å². The second-order valence-corrected chi connectivity index (χ2v) is 7.49. The van der Waals surface area contributed by atoms with E-state index < -0.39 is 23.4 Å². The maximum atomic E-state index is 12.9. The van der Waals surface area contributed by atoms with Gasteiger partial charge < -0.3 is 13.9 Å². The van der Waals surface area contributed by atoms with E-state index in [1.807, 2.05) is 0 Å². The first-order valence-electron chi connectivity index (χ1n) is 8.81. The fourth-order valence-corrected chi connectivity index (χ4v) is 2.65. The number of halogens is 2. The molecule has 0 spiro atoms. The summed E-state index contributed by atoms with van der Waals surface area (Å²) in [6.45, 7) is 5.47. The highest BCUT2D eigenvalue weighted by Gasteiger charge is 2.23. The van der Waals surface area contributed by atoms with Gasteiger partial charge in [-0.2, -0.15) is 8.78 Å². The van der Waals surface area contributed by atoms with Gasteiger partial charge in [0, 0.05) is 12.5 Å². The molecule has 29 heavy (non-hydrogen) atoms. The van der Waals surface area contributed by atoms with E-state index in [4.69, 9.17) is 9.15 Å². The lowest BCUT2D eigenvalue weighted by Gasteiger charge is -2.19. The van der Waals surface area contributed by atoms with Gasteiger partial charge in [0.25, 0.3) is 0 Å². The number of hydrogen-bond acceptors (Lipinski definition) is 6. The lowest BCUT2D eigenvalue weighted by Crippen LogP contribution is -2.29. The first-order valence-corrected chi connectivity index (χ1v) is 8.81. The van der Waals surface area contributed by atoms with Crippen molar-refractivity contribution in [2.75, 3.05) is 0 Å². The summed E-state index contributed by atoms with van der Waals surface area (Å²) in [5, 5.41) is 0. The predicted molar refractivity (Wildman–Crippen MR) is 101 cm³/mol. The van der Waals surface area contributed by atoms with Gasteiger partial charge in [-0.05, 0) is 57.2 Å². The quantitative estimate of drug-likeness (QED) is 0.596. The predicted octanol–water partition coefficient (Wildman–Crippen LogP) is 3.99. The minimum absolute atomic E-state index is 0.00692. The van der Waals surface area contributed by atoms with Crippen LogP contribution in [0.25, 0.3) is 22.5 Å². The highest BCUT2D eigenvalue weighted by atomic mass is 19.3. The third-order valence-electron chi connectivity index (χ3n) is 3.67. The molecule has 0 aliphatic carbocycles. The number of alkyl halides is 2. The van der Waals surface area contributed by atoms with Gasteiger partial charge in [-0.1, -0.05) is 0 Å². The molecule has 1 aromatic carbocycles. The molecular formula is C20H20F2N2O5. The molecule has 3 aromatic rings. The lowest BCUT2D eigenvalue weighted by molar-refractivity contribution is -0.159. The summed E-state index contributed by atoms with van der Waals surface area (Å²) in [5.41, 5.74) is 0.770. The Balaban J connectivity index is 1.91. The van der Waals surface area contributed by atoms with Crippen molar-refractivity contribution >= 4 is 17.2 Å². The molecule has 0 atom stereocenters. The summed E-state index contributed by atoms with van der Waals surface area (Å²) in [5.74, 6) is -1.33. The maximum Gasteiger partial charge on any atom is 0.421 e. The summed E-state index contributed by atoms with van der Waals surface area (Å²) in [6.07, 6.45) is -3.28. The van der Waals surface area contributed by atoms with Crippen LogP contribution < -0.4 is 10.5 Å². The molecule has 2 heterocycles. The Labute approximate surface area is 164 Å². The van der Waals surface area contributed by atoms with Crippen molar-refractivity contribution in [3.05, 3.63) is 46.9 Å². The van der Waals surface area contributed by atoms with Gasteiger partial charge in [0.05, 0.1) is 5.69 Å². The second kappa shape index (κ2) is 7.31. The van der Waals surface area contributed by atoms with Gasteiger partial charge in [0.15, 0.2) is 11.2 Å². The van der Waals surface area contributed by atoms with Crippen LogP contribution in [0.3, 0.4) is 0 Å². The van der Waals surface area contributed by atoms with E-state index in [-0.39, 0.29) is 23.5 Å².